The van der Waals surface area contributed by atoms with Crippen LogP contribution in [0.2, 0.25) is 0 Å². The van der Waals surface area contributed by atoms with Crippen molar-refractivity contribution in [2.75, 3.05) is 6.61 Å². The summed E-state index contributed by atoms with van der Waals surface area (Å²) in [6.07, 6.45) is 15.1. The normalized spacial score (nSPS) is 43.7. The zero-order chi connectivity index (χ0) is 13.6. The van der Waals surface area contributed by atoms with Gasteiger partial charge in [-0.25, -0.2) is 0 Å². The van der Waals surface area contributed by atoms with Crippen molar-refractivity contribution in [1.82, 2.24) is 0 Å². The first-order valence-corrected chi connectivity index (χ1v) is 8.72. The Balaban J connectivity index is 1.36. The van der Waals surface area contributed by atoms with E-state index in [2.05, 4.69) is 6.42 Å². The summed E-state index contributed by atoms with van der Waals surface area (Å²) in [5.74, 6) is 3.00. The van der Waals surface area contributed by atoms with Gasteiger partial charge in [-0.05, 0) is 75.5 Å². The summed E-state index contributed by atoms with van der Waals surface area (Å²) < 4.78 is 5.80. The number of carbonyl (C=O) groups excluding carboxylic acids is 1. The van der Waals surface area contributed by atoms with Gasteiger partial charge in [0.05, 0.1) is 12.5 Å². The molecule has 20 heavy (non-hydrogen) atoms. The average Bonchev–Trinajstić information content (AvgIpc) is 2.44. The molecule has 5 fully saturated rings. The molecule has 0 saturated heterocycles. The molecule has 5 aliphatic rings. The molecule has 5 rings (SSSR count). The minimum absolute atomic E-state index is 0.0699. The van der Waals surface area contributed by atoms with Crippen LogP contribution in [0.15, 0.2) is 0 Å². The molecule has 2 heteroatoms. The maximum absolute atomic E-state index is 12.2. The van der Waals surface area contributed by atoms with Gasteiger partial charge in [0.25, 0.3) is 0 Å². The molecule has 0 heterocycles. The van der Waals surface area contributed by atoms with Crippen molar-refractivity contribution in [3.63, 3.8) is 0 Å². The van der Waals surface area contributed by atoms with Crippen LogP contribution in [0.1, 0.15) is 64.2 Å². The van der Waals surface area contributed by atoms with E-state index in [-0.39, 0.29) is 11.9 Å². The number of hydrogen-bond donors (Lipinski definition) is 0. The molecule has 5 aliphatic carbocycles. The lowest BCUT2D eigenvalue weighted by atomic mass is 9.50. The molecule has 0 aromatic heterocycles. The quantitative estimate of drug-likeness (QED) is 0.724. The van der Waals surface area contributed by atoms with E-state index in [1.165, 1.54) is 51.4 Å². The molecule has 0 amide bonds. The smallest absolute Gasteiger partial charge is 0.309 e. The lowest BCUT2D eigenvalue weighted by Crippen LogP contribution is -2.48. The molecular weight excluding hydrogens is 248 g/mol. The van der Waals surface area contributed by atoms with Crippen molar-refractivity contribution in [3.05, 3.63) is 6.42 Å². The van der Waals surface area contributed by atoms with Crippen LogP contribution in [0.3, 0.4) is 0 Å². The van der Waals surface area contributed by atoms with Crippen LogP contribution in [0.5, 0.6) is 0 Å². The Morgan fingerprint density at radius 3 is 2.25 bits per heavy atom. The maximum Gasteiger partial charge on any atom is 0.309 e. The minimum atomic E-state index is 0.0699. The Labute approximate surface area is 122 Å². The zero-order valence-electron chi connectivity index (χ0n) is 12.5. The summed E-state index contributed by atoms with van der Waals surface area (Å²) >= 11 is 0. The molecule has 1 unspecified atom stereocenters. The van der Waals surface area contributed by atoms with Crippen molar-refractivity contribution in [3.8, 4) is 0 Å². The Bertz CT molecular complexity index is 346. The predicted octanol–water partition coefficient (Wildman–Crippen LogP) is 4.14. The van der Waals surface area contributed by atoms with Crippen LogP contribution >= 0.6 is 0 Å². The molecule has 0 aromatic rings. The third kappa shape index (κ3) is 2.40. The molecule has 0 N–H and O–H groups in total. The van der Waals surface area contributed by atoms with Gasteiger partial charge in [0.15, 0.2) is 0 Å². The lowest BCUT2D eigenvalue weighted by Gasteiger charge is -2.56. The summed E-state index contributed by atoms with van der Waals surface area (Å²) in [6, 6.07) is 0. The van der Waals surface area contributed by atoms with E-state index in [1.54, 1.807) is 0 Å². The highest BCUT2D eigenvalue weighted by atomic mass is 16.5. The number of esters is 1. The average molecular weight is 275 g/mol. The largest absolute Gasteiger partial charge is 0.465 e. The van der Waals surface area contributed by atoms with Gasteiger partial charge in [0.2, 0.25) is 0 Å². The third-order valence-electron chi connectivity index (χ3n) is 6.41. The first-order valence-electron chi connectivity index (χ1n) is 8.72. The van der Waals surface area contributed by atoms with Crippen LogP contribution in [-0.2, 0) is 9.53 Å². The van der Waals surface area contributed by atoms with E-state index in [1.807, 2.05) is 0 Å². The van der Waals surface area contributed by atoms with Crippen LogP contribution in [0, 0.1) is 35.5 Å². The van der Waals surface area contributed by atoms with Crippen molar-refractivity contribution < 1.29 is 9.53 Å². The van der Waals surface area contributed by atoms with Gasteiger partial charge in [-0.15, -0.1) is 0 Å². The van der Waals surface area contributed by atoms with Crippen molar-refractivity contribution in [2.45, 2.75) is 64.2 Å². The molecule has 0 spiro atoms. The van der Waals surface area contributed by atoms with E-state index < -0.39 is 0 Å². The summed E-state index contributed by atoms with van der Waals surface area (Å²) in [7, 11) is 0. The Kier molecular flexibility index (Phi) is 3.31. The van der Waals surface area contributed by atoms with Gasteiger partial charge in [0.1, 0.15) is 0 Å². The fourth-order valence-corrected chi connectivity index (χ4v) is 5.96. The number of rotatable bonds is 3. The Hall–Kier alpha value is -0.530. The Morgan fingerprint density at radius 1 is 1.05 bits per heavy atom. The fourth-order valence-electron chi connectivity index (χ4n) is 5.96. The SMILES string of the molecule is O=C(OCC12CC3CC(CC(C3)C1)C2)C1[CH]CCCC1. The molecule has 5 saturated carbocycles. The molecule has 1 radical (unpaired) electrons. The van der Waals surface area contributed by atoms with Crippen molar-refractivity contribution in [2.24, 2.45) is 29.1 Å². The molecule has 2 nitrogen and oxygen atoms in total. The lowest BCUT2D eigenvalue weighted by molar-refractivity contribution is -0.159. The van der Waals surface area contributed by atoms with E-state index in [0.717, 1.165) is 37.2 Å². The summed E-state index contributed by atoms with van der Waals surface area (Å²) in [4.78, 5) is 12.2. The minimum Gasteiger partial charge on any atom is -0.465 e. The number of ether oxygens (including phenoxy) is 1. The molecule has 4 bridgehead atoms. The van der Waals surface area contributed by atoms with Crippen LogP contribution in [-0.4, -0.2) is 12.6 Å². The van der Waals surface area contributed by atoms with Crippen LogP contribution in [0.4, 0.5) is 0 Å². The first-order chi connectivity index (χ1) is 9.72. The van der Waals surface area contributed by atoms with Gasteiger partial charge in [-0.1, -0.05) is 12.8 Å². The van der Waals surface area contributed by atoms with Gasteiger partial charge in [0, 0.05) is 5.41 Å². The van der Waals surface area contributed by atoms with E-state index in [0.29, 0.717) is 5.41 Å². The van der Waals surface area contributed by atoms with Crippen LogP contribution < -0.4 is 0 Å². The standard InChI is InChI=1S/C18H27O2/c19-17(16-4-2-1-3-5-16)20-12-18-9-13-6-14(10-18)8-15(7-13)11-18/h4,13-16H,1-3,5-12H2. The van der Waals surface area contributed by atoms with Crippen molar-refractivity contribution in [1.29, 1.82) is 0 Å². The summed E-state index contributed by atoms with van der Waals surface area (Å²) in [5.41, 5.74) is 0.374. The second-order valence-electron chi connectivity index (χ2n) is 8.15. The topological polar surface area (TPSA) is 26.3 Å². The molecule has 0 aliphatic heterocycles. The fraction of sp³-hybridized carbons (Fsp3) is 0.889. The highest BCUT2D eigenvalue weighted by Gasteiger charge is 2.51. The highest BCUT2D eigenvalue weighted by molar-refractivity contribution is 5.74. The molecule has 1 atom stereocenters. The highest BCUT2D eigenvalue weighted by Crippen LogP contribution is 2.60. The maximum atomic E-state index is 12.2. The number of carbonyl (C=O) groups is 1. The third-order valence-corrected chi connectivity index (χ3v) is 6.41. The van der Waals surface area contributed by atoms with Gasteiger partial charge >= 0.3 is 5.97 Å². The van der Waals surface area contributed by atoms with Crippen LogP contribution in [0.25, 0.3) is 0 Å². The zero-order valence-corrected chi connectivity index (χ0v) is 12.5. The second kappa shape index (κ2) is 5.03. The number of hydrogen-bond acceptors (Lipinski definition) is 2. The van der Waals surface area contributed by atoms with E-state index in [9.17, 15) is 4.79 Å². The van der Waals surface area contributed by atoms with Gasteiger partial charge in [-0.2, -0.15) is 0 Å². The molecule has 111 valence electrons. The summed E-state index contributed by atoms with van der Waals surface area (Å²) in [5, 5.41) is 0. The summed E-state index contributed by atoms with van der Waals surface area (Å²) in [6.45, 7) is 0.722. The van der Waals surface area contributed by atoms with Crippen molar-refractivity contribution >= 4 is 5.97 Å². The van der Waals surface area contributed by atoms with Gasteiger partial charge < -0.3 is 4.74 Å². The van der Waals surface area contributed by atoms with E-state index in [4.69, 9.17) is 4.74 Å². The molecule has 0 aromatic carbocycles. The monoisotopic (exact) mass is 275 g/mol. The predicted molar refractivity (Wildman–Crippen MR) is 77.8 cm³/mol. The Morgan fingerprint density at radius 2 is 1.70 bits per heavy atom. The van der Waals surface area contributed by atoms with E-state index >= 15 is 0 Å². The second-order valence-corrected chi connectivity index (χ2v) is 8.15. The first kappa shape index (κ1) is 13.2. The van der Waals surface area contributed by atoms with Gasteiger partial charge in [-0.3, -0.25) is 4.79 Å². The molecular formula is C18H27O2.